The lowest BCUT2D eigenvalue weighted by atomic mass is 10.0. The molecule has 5 heteroatoms. The van der Waals surface area contributed by atoms with Gasteiger partial charge in [0.2, 0.25) is 0 Å². The summed E-state index contributed by atoms with van der Waals surface area (Å²) in [5, 5.41) is 38.5. The van der Waals surface area contributed by atoms with Crippen LogP contribution in [0.4, 0.5) is 0 Å². The molecule has 5 nitrogen and oxygen atoms in total. The van der Waals surface area contributed by atoms with E-state index in [4.69, 9.17) is 0 Å². The lowest BCUT2D eigenvalue weighted by Gasteiger charge is -2.20. The molecule has 0 aromatic rings. The van der Waals surface area contributed by atoms with Crippen LogP contribution in [0.3, 0.4) is 0 Å². The zero-order valence-electron chi connectivity index (χ0n) is 8.43. The SMILES string of the molecule is C[C@@H](O)[C@@]1(O)C(C)(C)[C@@]1(O)[C@@H](O)C=O. The Hall–Kier alpha value is -0.490. The number of aldehydes is 1. The van der Waals surface area contributed by atoms with Crippen LogP contribution in [0.15, 0.2) is 0 Å². The lowest BCUT2D eigenvalue weighted by Crippen LogP contribution is -2.43. The third kappa shape index (κ3) is 0.857. The van der Waals surface area contributed by atoms with Crippen molar-refractivity contribution in [1.82, 2.24) is 0 Å². The fraction of sp³-hybridized carbons (Fsp3) is 0.889. The molecule has 0 aliphatic heterocycles. The quantitative estimate of drug-likeness (QED) is 0.416. The summed E-state index contributed by atoms with van der Waals surface area (Å²) < 4.78 is 0. The first-order valence-electron chi connectivity index (χ1n) is 4.44. The highest BCUT2D eigenvalue weighted by Gasteiger charge is 2.87. The molecule has 1 aliphatic carbocycles. The van der Waals surface area contributed by atoms with Crippen molar-refractivity contribution in [3.05, 3.63) is 0 Å². The average Bonchev–Trinajstić information content (AvgIpc) is 2.46. The summed E-state index contributed by atoms with van der Waals surface area (Å²) in [4.78, 5) is 10.4. The van der Waals surface area contributed by atoms with Gasteiger partial charge >= 0.3 is 0 Å². The Balaban J connectivity index is 3.11. The van der Waals surface area contributed by atoms with E-state index in [1.165, 1.54) is 20.8 Å². The van der Waals surface area contributed by atoms with E-state index < -0.39 is 28.8 Å². The molecule has 1 fully saturated rings. The van der Waals surface area contributed by atoms with Gasteiger partial charge in [0.1, 0.15) is 17.3 Å². The molecule has 14 heavy (non-hydrogen) atoms. The minimum atomic E-state index is -1.98. The normalized spacial score (nSPS) is 44.2. The van der Waals surface area contributed by atoms with Gasteiger partial charge in [-0.15, -0.1) is 0 Å². The molecule has 0 saturated heterocycles. The van der Waals surface area contributed by atoms with Gasteiger partial charge in [-0.1, -0.05) is 13.8 Å². The van der Waals surface area contributed by atoms with Crippen LogP contribution >= 0.6 is 0 Å². The Morgan fingerprint density at radius 2 is 1.57 bits per heavy atom. The van der Waals surface area contributed by atoms with Gasteiger partial charge in [0, 0.05) is 5.41 Å². The first-order chi connectivity index (χ1) is 6.17. The van der Waals surface area contributed by atoms with Crippen molar-refractivity contribution in [3.8, 4) is 0 Å². The molecule has 0 spiro atoms. The minimum absolute atomic E-state index is 0.155. The molecule has 1 saturated carbocycles. The second kappa shape index (κ2) is 2.76. The highest BCUT2D eigenvalue weighted by atomic mass is 16.4. The molecule has 0 unspecified atom stereocenters. The summed E-state index contributed by atoms with van der Waals surface area (Å²) in [5.41, 5.74) is -4.94. The predicted octanol–water partition coefficient (Wildman–Crippen LogP) is -1.57. The molecule has 0 bridgehead atoms. The Morgan fingerprint density at radius 3 is 1.79 bits per heavy atom. The first kappa shape index (κ1) is 11.6. The van der Waals surface area contributed by atoms with E-state index in [0.29, 0.717) is 0 Å². The molecule has 0 heterocycles. The molecule has 4 atom stereocenters. The van der Waals surface area contributed by atoms with Crippen molar-refractivity contribution in [1.29, 1.82) is 0 Å². The number of rotatable bonds is 3. The maximum absolute atomic E-state index is 10.4. The molecular weight excluding hydrogens is 188 g/mol. The minimum Gasteiger partial charge on any atom is -0.390 e. The topological polar surface area (TPSA) is 98.0 Å². The number of hydrogen-bond acceptors (Lipinski definition) is 5. The third-order valence-electron chi connectivity index (χ3n) is 3.59. The number of carbonyl (C=O) groups is 1. The van der Waals surface area contributed by atoms with E-state index >= 15 is 0 Å². The van der Waals surface area contributed by atoms with E-state index in [1.807, 2.05) is 0 Å². The maximum atomic E-state index is 10.4. The van der Waals surface area contributed by atoms with Crippen molar-refractivity contribution >= 4 is 6.29 Å². The van der Waals surface area contributed by atoms with Gasteiger partial charge in [0.05, 0.1) is 6.10 Å². The van der Waals surface area contributed by atoms with E-state index in [0.717, 1.165) is 0 Å². The largest absolute Gasteiger partial charge is 0.390 e. The molecule has 4 N–H and O–H groups in total. The second-order valence-corrected chi connectivity index (χ2v) is 4.41. The van der Waals surface area contributed by atoms with Crippen molar-refractivity contribution in [2.45, 2.75) is 44.2 Å². The van der Waals surface area contributed by atoms with E-state index in [-0.39, 0.29) is 6.29 Å². The van der Waals surface area contributed by atoms with Crippen LogP contribution in [-0.4, -0.2) is 50.1 Å². The van der Waals surface area contributed by atoms with Gasteiger partial charge in [-0.05, 0) is 6.92 Å². The Labute approximate surface area is 82.0 Å². The van der Waals surface area contributed by atoms with Crippen molar-refractivity contribution in [2.24, 2.45) is 5.41 Å². The fourth-order valence-electron chi connectivity index (χ4n) is 2.43. The third-order valence-corrected chi connectivity index (χ3v) is 3.59. The summed E-state index contributed by atoms with van der Waals surface area (Å²) in [6.07, 6.45) is -2.77. The van der Waals surface area contributed by atoms with Crippen molar-refractivity contribution in [3.63, 3.8) is 0 Å². The summed E-state index contributed by atoms with van der Waals surface area (Å²) >= 11 is 0. The van der Waals surface area contributed by atoms with Gasteiger partial charge in [-0.3, -0.25) is 0 Å². The van der Waals surface area contributed by atoms with Crippen LogP contribution in [0.5, 0.6) is 0 Å². The van der Waals surface area contributed by atoms with Gasteiger partial charge in [0.25, 0.3) is 0 Å². The van der Waals surface area contributed by atoms with E-state index in [9.17, 15) is 25.2 Å². The summed E-state index contributed by atoms with van der Waals surface area (Å²) in [6, 6.07) is 0. The smallest absolute Gasteiger partial charge is 0.151 e. The van der Waals surface area contributed by atoms with Crippen LogP contribution in [-0.2, 0) is 4.79 Å². The van der Waals surface area contributed by atoms with E-state index in [2.05, 4.69) is 0 Å². The molecule has 1 aliphatic rings. The number of aliphatic hydroxyl groups is 4. The van der Waals surface area contributed by atoms with Crippen LogP contribution in [0.2, 0.25) is 0 Å². The molecule has 0 radical (unpaired) electrons. The standard InChI is InChI=1S/C9H16O5/c1-5(11)8(13)7(2,3)9(8,14)6(12)4-10/h4-6,11-14H,1-3H3/t5-,6+,8-,9+/m1/s1. The molecule has 1 rings (SSSR count). The fourth-order valence-corrected chi connectivity index (χ4v) is 2.43. The zero-order valence-corrected chi connectivity index (χ0v) is 8.43. The van der Waals surface area contributed by atoms with Gasteiger partial charge in [-0.2, -0.15) is 0 Å². The second-order valence-electron chi connectivity index (χ2n) is 4.41. The van der Waals surface area contributed by atoms with Crippen LogP contribution in [0, 0.1) is 5.41 Å². The highest BCUT2D eigenvalue weighted by Crippen LogP contribution is 2.67. The Morgan fingerprint density at radius 1 is 1.14 bits per heavy atom. The monoisotopic (exact) mass is 204 g/mol. The zero-order chi connectivity index (χ0) is 11.4. The lowest BCUT2D eigenvalue weighted by molar-refractivity contribution is -0.133. The van der Waals surface area contributed by atoms with Gasteiger partial charge in [0.15, 0.2) is 6.29 Å². The Bertz CT molecular complexity index is 262. The maximum Gasteiger partial charge on any atom is 0.151 e. The van der Waals surface area contributed by atoms with Crippen LogP contribution in [0.1, 0.15) is 20.8 Å². The van der Waals surface area contributed by atoms with Gasteiger partial charge < -0.3 is 25.2 Å². The van der Waals surface area contributed by atoms with Crippen molar-refractivity contribution in [2.75, 3.05) is 0 Å². The number of hydrogen-bond donors (Lipinski definition) is 4. The number of carbonyl (C=O) groups excluding carboxylic acids is 1. The summed E-state index contributed by atoms with van der Waals surface area (Å²) in [7, 11) is 0. The van der Waals surface area contributed by atoms with E-state index in [1.54, 1.807) is 0 Å². The van der Waals surface area contributed by atoms with Crippen LogP contribution < -0.4 is 0 Å². The molecule has 0 aromatic carbocycles. The van der Waals surface area contributed by atoms with Crippen LogP contribution in [0.25, 0.3) is 0 Å². The van der Waals surface area contributed by atoms with Gasteiger partial charge in [-0.25, -0.2) is 0 Å². The predicted molar refractivity (Wildman–Crippen MR) is 47.4 cm³/mol. The average molecular weight is 204 g/mol. The Kier molecular flexibility index (Phi) is 2.28. The molecule has 0 amide bonds. The highest BCUT2D eigenvalue weighted by molar-refractivity contribution is 5.63. The molecule has 0 aromatic heterocycles. The summed E-state index contributed by atoms with van der Waals surface area (Å²) in [6.45, 7) is 4.26. The molecular formula is C9H16O5. The first-order valence-corrected chi connectivity index (χ1v) is 4.44. The summed E-state index contributed by atoms with van der Waals surface area (Å²) in [5.74, 6) is 0. The van der Waals surface area contributed by atoms with Crippen molar-refractivity contribution < 1.29 is 25.2 Å². The number of aliphatic hydroxyl groups excluding tert-OH is 2. The molecule has 82 valence electrons.